The van der Waals surface area contributed by atoms with Crippen LogP contribution in [0.4, 0.5) is 0 Å². The zero-order chi connectivity index (χ0) is 21.2. The number of aromatic nitrogens is 1. The van der Waals surface area contributed by atoms with Crippen LogP contribution >= 0.6 is 23.2 Å². The second kappa shape index (κ2) is 8.41. The fraction of sp³-hybridized carbons (Fsp3) is 0.100. The molecular formula is C20H16Cl2N2O4S. The number of amides is 1. The molecule has 1 aromatic heterocycles. The van der Waals surface area contributed by atoms with E-state index in [9.17, 15) is 13.2 Å². The summed E-state index contributed by atoms with van der Waals surface area (Å²) in [6.07, 6.45) is 2.76. The number of benzene rings is 2. The normalized spacial score (nSPS) is 11.3. The van der Waals surface area contributed by atoms with Crippen LogP contribution < -0.4 is 10.5 Å². The van der Waals surface area contributed by atoms with Crippen LogP contribution in [-0.4, -0.2) is 25.6 Å². The molecule has 0 saturated heterocycles. The highest BCUT2D eigenvalue weighted by Gasteiger charge is 2.18. The Morgan fingerprint density at radius 2 is 1.79 bits per heavy atom. The third kappa shape index (κ3) is 5.06. The van der Waals surface area contributed by atoms with E-state index in [1.54, 1.807) is 18.2 Å². The summed E-state index contributed by atoms with van der Waals surface area (Å²) in [7, 11) is -3.33. The molecule has 3 aromatic rings. The van der Waals surface area contributed by atoms with Crippen molar-refractivity contribution in [1.82, 2.24) is 4.98 Å². The minimum absolute atomic E-state index is 0.164. The smallest absolute Gasteiger partial charge is 0.249 e. The van der Waals surface area contributed by atoms with Gasteiger partial charge in [-0.2, -0.15) is 0 Å². The van der Waals surface area contributed by atoms with E-state index in [1.165, 1.54) is 36.5 Å². The molecule has 2 N–H and O–H groups in total. The number of pyridine rings is 1. The average molecular weight is 451 g/mol. The van der Waals surface area contributed by atoms with Crippen molar-refractivity contribution in [3.8, 4) is 11.6 Å². The first-order chi connectivity index (χ1) is 13.6. The Hall–Kier alpha value is -2.61. The van der Waals surface area contributed by atoms with E-state index in [-0.39, 0.29) is 22.8 Å². The second-order valence-electron chi connectivity index (χ2n) is 6.26. The third-order valence-electron chi connectivity index (χ3n) is 4.13. The molecule has 150 valence electrons. The summed E-state index contributed by atoms with van der Waals surface area (Å²) in [5.74, 6) is -0.112. The molecule has 0 aliphatic heterocycles. The lowest BCUT2D eigenvalue weighted by Gasteiger charge is -2.14. The van der Waals surface area contributed by atoms with Gasteiger partial charge in [-0.15, -0.1) is 0 Å². The molecule has 0 unspecified atom stereocenters. The van der Waals surface area contributed by atoms with Gasteiger partial charge in [-0.1, -0.05) is 29.3 Å². The highest BCUT2D eigenvalue weighted by Crippen LogP contribution is 2.31. The lowest BCUT2D eigenvalue weighted by Crippen LogP contribution is -2.15. The number of hydrogen-bond acceptors (Lipinski definition) is 5. The van der Waals surface area contributed by atoms with E-state index < -0.39 is 15.7 Å². The Bertz CT molecular complexity index is 1180. The summed E-state index contributed by atoms with van der Waals surface area (Å²) in [5, 5.41) is 0.919. The van der Waals surface area contributed by atoms with Crippen LogP contribution in [0.3, 0.4) is 0 Å². The maximum atomic E-state index is 11.9. The molecule has 1 amide bonds. The molecule has 0 radical (unpaired) electrons. The van der Waals surface area contributed by atoms with E-state index in [0.29, 0.717) is 26.9 Å². The van der Waals surface area contributed by atoms with Gasteiger partial charge in [0.05, 0.1) is 4.90 Å². The predicted octanol–water partition coefficient (Wildman–Crippen LogP) is 4.27. The average Bonchev–Trinajstić information content (AvgIpc) is 2.64. The van der Waals surface area contributed by atoms with Crippen molar-refractivity contribution in [2.75, 3.05) is 6.26 Å². The number of ether oxygens (including phenoxy) is 1. The molecule has 0 aliphatic rings. The number of carbonyl (C=O) groups excluding carboxylic acids is 1. The summed E-state index contributed by atoms with van der Waals surface area (Å²) in [6.45, 7) is 0. The van der Waals surface area contributed by atoms with E-state index in [2.05, 4.69) is 4.98 Å². The Kier molecular flexibility index (Phi) is 6.12. The topological polar surface area (TPSA) is 99.3 Å². The van der Waals surface area contributed by atoms with E-state index in [1.807, 2.05) is 0 Å². The van der Waals surface area contributed by atoms with Gasteiger partial charge in [-0.25, -0.2) is 13.4 Å². The summed E-state index contributed by atoms with van der Waals surface area (Å²) < 4.78 is 29.0. The monoisotopic (exact) mass is 450 g/mol. The molecule has 0 bridgehead atoms. The standard InChI is InChI=1S/C20H16Cl2N2O4S/c1-29(26,27)15-6-4-14(5-7-15)28-20-17(16(19(23)25)8-9-24-20)10-12-2-3-13(21)11-18(12)22/h2-9,11H,10H2,1H3,(H2,23,25). The maximum Gasteiger partial charge on any atom is 0.249 e. The van der Waals surface area contributed by atoms with Crippen molar-refractivity contribution in [3.05, 3.63) is 81.5 Å². The number of sulfone groups is 1. The number of primary amides is 1. The van der Waals surface area contributed by atoms with Crippen LogP contribution in [0.5, 0.6) is 11.6 Å². The molecule has 2 aromatic carbocycles. The van der Waals surface area contributed by atoms with Crippen molar-refractivity contribution in [3.63, 3.8) is 0 Å². The van der Waals surface area contributed by atoms with Gasteiger partial charge in [-0.05, 0) is 48.0 Å². The SMILES string of the molecule is CS(=O)(=O)c1ccc(Oc2nccc(C(N)=O)c2Cc2ccc(Cl)cc2Cl)cc1. The van der Waals surface area contributed by atoms with Crippen LogP contribution in [0.15, 0.2) is 59.6 Å². The van der Waals surface area contributed by atoms with Gasteiger partial charge in [0.1, 0.15) is 5.75 Å². The third-order valence-corrected chi connectivity index (χ3v) is 5.85. The molecule has 0 fully saturated rings. The number of halogens is 2. The van der Waals surface area contributed by atoms with Gasteiger partial charge >= 0.3 is 0 Å². The Morgan fingerprint density at radius 1 is 1.10 bits per heavy atom. The largest absolute Gasteiger partial charge is 0.439 e. The Morgan fingerprint density at radius 3 is 2.38 bits per heavy atom. The summed E-state index contributed by atoms with van der Waals surface area (Å²) in [5.41, 5.74) is 6.93. The van der Waals surface area contributed by atoms with E-state index in [4.69, 9.17) is 33.7 Å². The number of hydrogen-bond donors (Lipinski definition) is 1. The molecule has 0 aliphatic carbocycles. The van der Waals surface area contributed by atoms with Crippen LogP contribution in [0.25, 0.3) is 0 Å². The minimum Gasteiger partial charge on any atom is -0.439 e. The molecule has 0 atom stereocenters. The van der Waals surface area contributed by atoms with E-state index in [0.717, 1.165) is 6.26 Å². The van der Waals surface area contributed by atoms with Gasteiger partial charge in [0.15, 0.2) is 9.84 Å². The van der Waals surface area contributed by atoms with Crippen molar-refractivity contribution in [1.29, 1.82) is 0 Å². The molecule has 3 rings (SSSR count). The van der Waals surface area contributed by atoms with E-state index >= 15 is 0 Å². The van der Waals surface area contributed by atoms with Crippen LogP contribution in [0.1, 0.15) is 21.5 Å². The van der Waals surface area contributed by atoms with Gasteiger partial charge in [-0.3, -0.25) is 4.79 Å². The summed E-state index contributed by atoms with van der Waals surface area (Å²) >= 11 is 12.2. The van der Waals surface area contributed by atoms with Crippen LogP contribution in [0, 0.1) is 0 Å². The lowest BCUT2D eigenvalue weighted by atomic mass is 10.0. The fourth-order valence-corrected chi connectivity index (χ4v) is 3.79. The van der Waals surface area contributed by atoms with Crippen molar-refractivity contribution >= 4 is 38.9 Å². The maximum absolute atomic E-state index is 11.9. The zero-order valence-electron chi connectivity index (χ0n) is 15.2. The lowest BCUT2D eigenvalue weighted by molar-refractivity contribution is 0.0999. The molecular weight excluding hydrogens is 435 g/mol. The molecule has 0 saturated carbocycles. The van der Waals surface area contributed by atoms with Gasteiger partial charge in [0, 0.05) is 40.0 Å². The van der Waals surface area contributed by atoms with Crippen LogP contribution in [0.2, 0.25) is 10.0 Å². The zero-order valence-corrected chi connectivity index (χ0v) is 17.6. The first kappa shape index (κ1) is 21.1. The van der Waals surface area contributed by atoms with Gasteiger partial charge < -0.3 is 10.5 Å². The highest BCUT2D eigenvalue weighted by molar-refractivity contribution is 7.90. The van der Waals surface area contributed by atoms with Crippen LogP contribution in [-0.2, 0) is 16.3 Å². The Balaban J connectivity index is 2.00. The Labute approximate surface area is 178 Å². The first-order valence-electron chi connectivity index (χ1n) is 8.35. The quantitative estimate of drug-likeness (QED) is 0.603. The van der Waals surface area contributed by atoms with Gasteiger partial charge in [0.2, 0.25) is 11.8 Å². The summed E-state index contributed by atoms with van der Waals surface area (Å²) in [6, 6.07) is 12.4. The molecule has 9 heteroatoms. The molecule has 29 heavy (non-hydrogen) atoms. The van der Waals surface area contributed by atoms with Crippen molar-refractivity contribution < 1.29 is 17.9 Å². The predicted molar refractivity (Wildman–Crippen MR) is 112 cm³/mol. The van der Waals surface area contributed by atoms with Crippen molar-refractivity contribution in [2.24, 2.45) is 5.73 Å². The molecule has 0 spiro atoms. The number of nitrogens with zero attached hydrogens (tertiary/aromatic N) is 1. The number of carbonyl (C=O) groups is 1. The minimum atomic E-state index is -3.33. The molecule has 1 heterocycles. The summed E-state index contributed by atoms with van der Waals surface area (Å²) in [4.78, 5) is 16.3. The van der Waals surface area contributed by atoms with Gasteiger partial charge in [0.25, 0.3) is 0 Å². The second-order valence-corrected chi connectivity index (χ2v) is 9.12. The molecule has 6 nitrogen and oxygen atoms in total. The fourth-order valence-electron chi connectivity index (χ4n) is 2.68. The number of rotatable bonds is 6. The number of nitrogens with two attached hydrogens (primary N) is 1. The van der Waals surface area contributed by atoms with Crippen molar-refractivity contribution in [2.45, 2.75) is 11.3 Å². The highest BCUT2D eigenvalue weighted by atomic mass is 35.5. The first-order valence-corrected chi connectivity index (χ1v) is 11.0.